The van der Waals surface area contributed by atoms with E-state index in [2.05, 4.69) is 39.8 Å². The van der Waals surface area contributed by atoms with Crippen molar-refractivity contribution in [3.05, 3.63) is 65.2 Å². The summed E-state index contributed by atoms with van der Waals surface area (Å²) in [7, 11) is 1.94. The molecule has 0 heterocycles. The Kier molecular flexibility index (Phi) is 12.5. The van der Waals surface area contributed by atoms with Gasteiger partial charge in [-0.25, -0.2) is 4.79 Å². The lowest BCUT2D eigenvalue weighted by atomic mass is 9.49. The number of esters is 1. The van der Waals surface area contributed by atoms with Gasteiger partial charge in [0.05, 0.1) is 11.7 Å². The lowest BCUT2D eigenvalue weighted by Crippen LogP contribution is -2.48. The molecular weight excluding hydrogens is 594 g/mol. The minimum atomic E-state index is -0.306. The summed E-state index contributed by atoms with van der Waals surface area (Å²) in [5.74, 6) is 2.86. The van der Waals surface area contributed by atoms with Gasteiger partial charge in [0.1, 0.15) is 5.75 Å². The van der Waals surface area contributed by atoms with Crippen molar-refractivity contribution in [3.63, 3.8) is 0 Å². The van der Waals surface area contributed by atoms with Crippen LogP contribution < -0.4 is 4.74 Å². The first-order chi connectivity index (χ1) is 23.1. The second-order valence-electron chi connectivity index (χ2n) is 16.3. The molecule has 0 radical (unpaired) electrons. The summed E-state index contributed by atoms with van der Waals surface area (Å²) in [6.07, 6.45) is 17.9. The molecule has 0 saturated heterocycles. The van der Waals surface area contributed by atoms with Crippen LogP contribution in [-0.2, 0) is 11.2 Å². The Balaban J connectivity index is 1.16. The minimum Gasteiger partial charge on any atom is -0.423 e. The molecule has 3 aliphatic rings. The third-order valence-electron chi connectivity index (χ3n) is 13.3. The van der Waals surface area contributed by atoms with E-state index in [1.54, 1.807) is 12.1 Å². The number of rotatable bonds is 16. The average Bonchev–Trinajstić information content (AvgIpc) is 3.27. The molecule has 6 atom stereocenters. The van der Waals surface area contributed by atoms with E-state index in [1.807, 2.05) is 36.2 Å². The van der Waals surface area contributed by atoms with Crippen molar-refractivity contribution in [2.75, 3.05) is 13.6 Å². The van der Waals surface area contributed by atoms with Crippen LogP contribution in [0.2, 0.25) is 0 Å². The SMILES string of the molecule is CCCCN(C)C(=O)CCCCCCCCCC[C@@H]1Cc2cc(OC(=O)c3ccccc3)ccc2C2CC[C@@]3(C)C(C[C@@H](O)C3(C)C)C21. The average molecular weight is 658 g/mol. The highest BCUT2D eigenvalue weighted by molar-refractivity contribution is 5.91. The highest BCUT2D eigenvalue weighted by Crippen LogP contribution is 2.68. The molecule has 1 N–H and O–H groups in total. The first kappa shape index (κ1) is 36.6. The van der Waals surface area contributed by atoms with Gasteiger partial charge in [-0.05, 0) is 115 Å². The lowest BCUT2D eigenvalue weighted by molar-refractivity contribution is -0.130. The van der Waals surface area contributed by atoms with Crippen molar-refractivity contribution in [3.8, 4) is 5.75 Å². The van der Waals surface area contributed by atoms with Gasteiger partial charge in [0, 0.05) is 20.0 Å². The van der Waals surface area contributed by atoms with Crippen LogP contribution in [0.3, 0.4) is 0 Å². The smallest absolute Gasteiger partial charge is 0.343 e. The van der Waals surface area contributed by atoms with E-state index in [0.717, 1.165) is 51.5 Å². The zero-order valence-corrected chi connectivity index (χ0v) is 30.6. The van der Waals surface area contributed by atoms with Crippen molar-refractivity contribution in [1.82, 2.24) is 4.90 Å². The number of nitrogens with zero attached hydrogens (tertiary/aromatic N) is 1. The fourth-order valence-electron chi connectivity index (χ4n) is 9.78. The van der Waals surface area contributed by atoms with E-state index in [9.17, 15) is 14.7 Å². The second-order valence-corrected chi connectivity index (χ2v) is 16.3. The molecule has 3 aliphatic carbocycles. The molecule has 2 aromatic rings. The Morgan fingerprint density at radius 1 is 0.917 bits per heavy atom. The normalized spacial score (nSPS) is 27.1. The Morgan fingerprint density at radius 2 is 1.60 bits per heavy atom. The van der Waals surface area contributed by atoms with E-state index < -0.39 is 0 Å². The summed E-state index contributed by atoms with van der Waals surface area (Å²) in [6.45, 7) is 10.1. The van der Waals surface area contributed by atoms with Crippen molar-refractivity contribution >= 4 is 11.9 Å². The number of hydrogen-bond acceptors (Lipinski definition) is 4. The maximum Gasteiger partial charge on any atom is 0.343 e. The van der Waals surface area contributed by atoms with Crippen molar-refractivity contribution in [2.45, 2.75) is 142 Å². The minimum absolute atomic E-state index is 0.0682. The van der Waals surface area contributed by atoms with Gasteiger partial charge in [0.2, 0.25) is 5.91 Å². The number of ether oxygens (including phenoxy) is 1. The number of aliphatic hydroxyl groups is 1. The van der Waals surface area contributed by atoms with Gasteiger partial charge in [0.25, 0.3) is 0 Å². The number of carbonyl (C=O) groups excluding carboxylic acids is 2. The molecule has 48 heavy (non-hydrogen) atoms. The molecule has 264 valence electrons. The topological polar surface area (TPSA) is 66.8 Å². The molecule has 0 spiro atoms. The molecule has 2 aromatic carbocycles. The summed E-state index contributed by atoms with van der Waals surface area (Å²) < 4.78 is 5.87. The molecule has 5 rings (SSSR count). The summed E-state index contributed by atoms with van der Waals surface area (Å²) in [6, 6.07) is 15.6. The van der Waals surface area contributed by atoms with Gasteiger partial charge in [-0.2, -0.15) is 0 Å². The quantitative estimate of drug-likeness (QED) is 0.111. The maximum absolute atomic E-state index is 12.8. The Morgan fingerprint density at radius 3 is 2.31 bits per heavy atom. The standard InChI is InChI=1S/C43H63NO4/c1-6-7-27-44(5)39(46)22-18-13-11-9-8-10-12-15-21-32-28-33-29-34(48-41(47)31-19-16-14-17-20-31)23-24-35(33)36-25-26-43(4)37(40(32)36)30-38(45)42(43,2)3/h14,16-17,19-20,23-24,29,32,36-38,40,45H,6-13,15,18,21-22,25-28,30H2,1-5H3/t32-,36?,37?,38-,40?,43+/m1/s1. The van der Waals surface area contributed by atoms with Crippen molar-refractivity contribution < 1.29 is 19.4 Å². The number of unbranched alkanes of at least 4 members (excludes halogenated alkanes) is 8. The summed E-state index contributed by atoms with van der Waals surface area (Å²) in [4.78, 5) is 27.0. The van der Waals surface area contributed by atoms with Crippen molar-refractivity contribution in [1.29, 1.82) is 0 Å². The van der Waals surface area contributed by atoms with Gasteiger partial charge in [-0.3, -0.25) is 4.79 Å². The van der Waals surface area contributed by atoms with Crippen LogP contribution in [0.25, 0.3) is 0 Å². The molecule has 0 aliphatic heterocycles. The number of amides is 1. The lowest BCUT2D eigenvalue weighted by Gasteiger charge is -2.55. The third kappa shape index (κ3) is 8.03. The Hall–Kier alpha value is -2.66. The van der Waals surface area contributed by atoms with Crippen LogP contribution in [0, 0.1) is 28.6 Å². The molecule has 1 amide bonds. The summed E-state index contributed by atoms with van der Waals surface area (Å²) in [5.41, 5.74) is 3.47. The highest BCUT2D eigenvalue weighted by atomic mass is 16.5. The molecule has 0 aromatic heterocycles. The molecule has 3 unspecified atom stereocenters. The molecule has 5 heteroatoms. The highest BCUT2D eigenvalue weighted by Gasteiger charge is 2.63. The predicted molar refractivity (Wildman–Crippen MR) is 195 cm³/mol. The second kappa shape index (κ2) is 16.4. The molecular formula is C43H63NO4. The van der Waals surface area contributed by atoms with E-state index in [4.69, 9.17) is 4.74 Å². The van der Waals surface area contributed by atoms with Gasteiger partial charge < -0.3 is 14.7 Å². The van der Waals surface area contributed by atoms with Crippen LogP contribution in [0.4, 0.5) is 0 Å². The Bertz CT molecular complexity index is 1350. The van der Waals surface area contributed by atoms with Gasteiger partial charge >= 0.3 is 5.97 Å². The number of aliphatic hydroxyl groups excluding tert-OH is 1. The van der Waals surface area contributed by atoms with Crippen LogP contribution in [0.5, 0.6) is 5.75 Å². The van der Waals surface area contributed by atoms with E-state index >= 15 is 0 Å². The molecule has 0 bridgehead atoms. The van der Waals surface area contributed by atoms with Gasteiger partial charge in [0.15, 0.2) is 0 Å². The predicted octanol–water partition coefficient (Wildman–Crippen LogP) is 10.1. The molecule has 2 fully saturated rings. The van der Waals surface area contributed by atoms with Crippen LogP contribution >= 0.6 is 0 Å². The van der Waals surface area contributed by atoms with Crippen LogP contribution in [0.1, 0.15) is 151 Å². The van der Waals surface area contributed by atoms with Gasteiger partial charge in [-0.1, -0.05) is 103 Å². The zero-order chi connectivity index (χ0) is 34.3. The summed E-state index contributed by atoms with van der Waals surface area (Å²) in [5, 5.41) is 11.3. The van der Waals surface area contributed by atoms with Crippen LogP contribution in [-0.4, -0.2) is 41.6 Å². The monoisotopic (exact) mass is 657 g/mol. The molecule has 2 saturated carbocycles. The summed E-state index contributed by atoms with van der Waals surface area (Å²) >= 11 is 0. The zero-order valence-electron chi connectivity index (χ0n) is 30.6. The van der Waals surface area contributed by atoms with E-state index in [0.29, 0.717) is 47.3 Å². The maximum atomic E-state index is 12.8. The fourth-order valence-corrected chi connectivity index (χ4v) is 9.78. The van der Waals surface area contributed by atoms with Gasteiger partial charge in [-0.15, -0.1) is 0 Å². The van der Waals surface area contributed by atoms with E-state index in [-0.39, 0.29) is 22.9 Å². The Labute approximate surface area is 291 Å². The number of fused-ring (bicyclic) bond motifs is 5. The first-order valence-corrected chi connectivity index (χ1v) is 19.4. The molecule has 5 nitrogen and oxygen atoms in total. The first-order valence-electron chi connectivity index (χ1n) is 19.4. The third-order valence-corrected chi connectivity index (χ3v) is 13.3. The number of carbonyl (C=O) groups is 2. The number of hydrogen-bond donors (Lipinski definition) is 1. The largest absolute Gasteiger partial charge is 0.423 e. The van der Waals surface area contributed by atoms with Crippen molar-refractivity contribution in [2.24, 2.45) is 28.6 Å². The van der Waals surface area contributed by atoms with E-state index in [1.165, 1.54) is 62.5 Å². The van der Waals surface area contributed by atoms with Crippen LogP contribution in [0.15, 0.2) is 48.5 Å². The fraction of sp³-hybridized carbons (Fsp3) is 0.674. The number of benzene rings is 2.